The molecule has 0 spiro atoms. The topological polar surface area (TPSA) is 113 Å². The molecule has 7 heteroatoms. The zero-order valence-electron chi connectivity index (χ0n) is 21.1. The highest BCUT2D eigenvalue weighted by atomic mass is 35.7. The van der Waals surface area contributed by atoms with Crippen LogP contribution in [0, 0.1) is 10.2 Å². The summed E-state index contributed by atoms with van der Waals surface area (Å²) in [6, 6.07) is 40.9. The lowest BCUT2D eigenvalue weighted by molar-refractivity contribution is -2.00. The fraction of sp³-hybridized carbons (Fsp3) is 0. The minimum Gasteiger partial charge on any atom is -0.456 e. The maximum Gasteiger partial charge on any atom is 0.361 e. The molecular formula is C33H23ClO6. The largest absolute Gasteiger partial charge is 0.456 e. The SMILES string of the molecule is C(/C=C/c1cc(-c2ccccc2)[o+]c(-c2ccccc2)c1)=C1c2ccccc2Oc2ccccc21.[O-][Cl+3]([O-])([O-])[O-]. The van der Waals surface area contributed by atoms with Gasteiger partial charge in [-0.15, -0.1) is 10.2 Å². The van der Waals surface area contributed by atoms with Crippen LogP contribution in [0.1, 0.15) is 16.7 Å². The Labute approximate surface area is 233 Å². The van der Waals surface area contributed by atoms with Gasteiger partial charge in [0, 0.05) is 11.1 Å². The monoisotopic (exact) mass is 550 g/mol. The van der Waals surface area contributed by atoms with Gasteiger partial charge in [-0.1, -0.05) is 91.0 Å². The summed E-state index contributed by atoms with van der Waals surface area (Å²) in [4.78, 5) is 0. The molecule has 40 heavy (non-hydrogen) atoms. The summed E-state index contributed by atoms with van der Waals surface area (Å²) in [6.07, 6.45) is 6.39. The Morgan fingerprint density at radius 2 is 1.00 bits per heavy atom. The van der Waals surface area contributed by atoms with E-state index in [-0.39, 0.29) is 0 Å². The molecule has 6 nitrogen and oxygen atoms in total. The number of ether oxygens (including phenoxy) is 1. The Morgan fingerprint density at radius 3 is 1.48 bits per heavy atom. The van der Waals surface area contributed by atoms with Crippen LogP contribution in [0.4, 0.5) is 0 Å². The standard InChI is InChI=1S/C33H23O2.ClHO4/c1-3-13-25(14-4-1)32-22-24(23-33(35-32)26-15-5-2-6-16-26)12-11-19-27-28-17-7-9-20-30(28)34-31-21-10-8-18-29(27)31;2-1(3,4)5/h1-23H;(H,2,3,4,5)/q+1;/p-1. The lowest BCUT2D eigenvalue weighted by Crippen LogP contribution is -2.68. The first kappa shape index (κ1) is 27.0. The highest BCUT2D eigenvalue weighted by Gasteiger charge is 2.21. The molecule has 1 aliphatic heterocycles. The van der Waals surface area contributed by atoms with Crippen molar-refractivity contribution in [2.24, 2.45) is 0 Å². The molecule has 2 heterocycles. The third-order valence-corrected chi connectivity index (χ3v) is 6.06. The molecule has 0 aliphatic carbocycles. The average Bonchev–Trinajstić information content (AvgIpc) is 2.97. The van der Waals surface area contributed by atoms with Gasteiger partial charge in [0.25, 0.3) is 0 Å². The molecule has 0 saturated carbocycles. The number of para-hydroxylation sites is 2. The lowest BCUT2D eigenvalue weighted by Gasteiger charge is -2.22. The second-order valence-electron chi connectivity index (χ2n) is 8.76. The predicted molar refractivity (Wildman–Crippen MR) is 143 cm³/mol. The van der Waals surface area contributed by atoms with E-state index >= 15 is 0 Å². The number of hydrogen-bond donors (Lipinski definition) is 0. The minimum absolute atomic E-state index is 0.834. The Hall–Kier alpha value is -4.56. The van der Waals surface area contributed by atoms with E-state index in [1.54, 1.807) is 0 Å². The van der Waals surface area contributed by atoms with Crippen molar-refractivity contribution >= 4 is 11.6 Å². The molecular weight excluding hydrogens is 528 g/mol. The molecule has 0 N–H and O–H groups in total. The number of allylic oxidation sites excluding steroid dienone is 2. The van der Waals surface area contributed by atoms with E-state index in [1.807, 2.05) is 72.8 Å². The van der Waals surface area contributed by atoms with E-state index in [0.29, 0.717) is 0 Å². The van der Waals surface area contributed by atoms with Crippen LogP contribution in [0.5, 0.6) is 11.5 Å². The van der Waals surface area contributed by atoms with Gasteiger partial charge in [-0.05, 0) is 47.5 Å². The number of halogens is 1. The summed E-state index contributed by atoms with van der Waals surface area (Å²) in [5.74, 6) is 3.42. The molecule has 0 radical (unpaired) electrons. The molecule has 1 aliphatic rings. The van der Waals surface area contributed by atoms with Gasteiger partial charge in [0.05, 0.1) is 23.3 Å². The van der Waals surface area contributed by atoms with Gasteiger partial charge in [0.2, 0.25) is 0 Å². The molecule has 0 atom stereocenters. The first-order valence-electron chi connectivity index (χ1n) is 12.3. The number of fused-ring (bicyclic) bond motifs is 2. The van der Waals surface area contributed by atoms with Crippen LogP contribution in [0.25, 0.3) is 34.3 Å². The fourth-order valence-electron chi connectivity index (χ4n) is 4.36. The highest BCUT2D eigenvalue weighted by Crippen LogP contribution is 2.43. The van der Waals surface area contributed by atoms with Crippen molar-refractivity contribution in [3.63, 3.8) is 0 Å². The number of rotatable bonds is 4. The summed E-state index contributed by atoms with van der Waals surface area (Å²) in [7, 11) is -4.94. The van der Waals surface area contributed by atoms with Crippen LogP contribution >= 0.6 is 0 Å². The minimum atomic E-state index is -4.94. The van der Waals surface area contributed by atoms with Gasteiger partial charge in [-0.25, -0.2) is 23.1 Å². The molecule has 5 aromatic rings. The van der Waals surface area contributed by atoms with Gasteiger partial charge < -0.3 is 4.74 Å². The van der Waals surface area contributed by atoms with E-state index in [0.717, 1.165) is 56.4 Å². The van der Waals surface area contributed by atoms with E-state index in [4.69, 9.17) is 27.8 Å². The van der Waals surface area contributed by atoms with Crippen LogP contribution in [0.3, 0.4) is 0 Å². The van der Waals surface area contributed by atoms with Crippen molar-refractivity contribution in [3.8, 4) is 34.1 Å². The van der Waals surface area contributed by atoms with Crippen LogP contribution in [-0.2, 0) is 0 Å². The van der Waals surface area contributed by atoms with Crippen molar-refractivity contribution in [1.29, 1.82) is 0 Å². The summed E-state index contributed by atoms with van der Waals surface area (Å²) in [5.41, 5.74) is 6.49. The van der Waals surface area contributed by atoms with E-state index in [9.17, 15) is 0 Å². The van der Waals surface area contributed by atoms with Crippen molar-refractivity contribution in [1.82, 2.24) is 0 Å². The highest BCUT2D eigenvalue weighted by molar-refractivity contribution is 5.89. The number of benzene rings is 4. The van der Waals surface area contributed by atoms with Gasteiger partial charge in [-0.2, -0.15) is 0 Å². The van der Waals surface area contributed by atoms with Crippen LogP contribution < -0.4 is 23.4 Å². The molecule has 1 aromatic heterocycles. The maximum atomic E-state index is 8.49. The van der Waals surface area contributed by atoms with Crippen molar-refractivity contribution in [3.05, 3.63) is 150 Å². The zero-order valence-corrected chi connectivity index (χ0v) is 21.9. The number of hydrogen-bond acceptors (Lipinski definition) is 5. The second kappa shape index (κ2) is 12.1. The third kappa shape index (κ3) is 6.90. The molecule has 0 bridgehead atoms. The summed E-state index contributed by atoms with van der Waals surface area (Å²) < 4.78 is 46.4. The summed E-state index contributed by atoms with van der Waals surface area (Å²) in [5, 5.41) is 0. The maximum absolute atomic E-state index is 8.49. The predicted octanol–water partition coefficient (Wildman–Crippen LogP) is 4.39. The normalized spacial score (nSPS) is 12.1. The molecule has 0 amide bonds. The molecule has 4 aromatic carbocycles. The average molecular weight is 551 g/mol. The second-order valence-corrected chi connectivity index (χ2v) is 9.52. The van der Waals surface area contributed by atoms with Crippen molar-refractivity contribution in [2.75, 3.05) is 0 Å². The zero-order chi connectivity index (χ0) is 28.0. The summed E-state index contributed by atoms with van der Waals surface area (Å²) >= 11 is 0. The van der Waals surface area contributed by atoms with Gasteiger partial charge in [0.1, 0.15) is 11.5 Å². The Morgan fingerprint density at radius 1 is 0.575 bits per heavy atom. The van der Waals surface area contributed by atoms with Crippen LogP contribution in [-0.4, -0.2) is 0 Å². The summed E-state index contributed by atoms with van der Waals surface area (Å²) in [6.45, 7) is 0. The van der Waals surface area contributed by atoms with Gasteiger partial charge in [0.15, 0.2) is 0 Å². The van der Waals surface area contributed by atoms with Gasteiger partial charge >= 0.3 is 11.5 Å². The third-order valence-electron chi connectivity index (χ3n) is 6.06. The van der Waals surface area contributed by atoms with E-state index in [1.165, 1.54) is 0 Å². The Balaban J connectivity index is 0.000000595. The van der Waals surface area contributed by atoms with Crippen molar-refractivity contribution in [2.45, 2.75) is 0 Å². The van der Waals surface area contributed by atoms with Crippen LogP contribution in [0.2, 0.25) is 0 Å². The lowest BCUT2D eigenvalue weighted by atomic mass is 9.93. The van der Waals surface area contributed by atoms with E-state index < -0.39 is 10.2 Å². The van der Waals surface area contributed by atoms with Crippen molar-refractivity contribution < 1.29 is 38.0 Å². The van der Waals surface area contributed by atoms with Gasteiger partial charge in [-0.3, -0.25) is 0 Å². The molecule has 6 rings (SSSR count). The first-order chi connectivity index (χ1) is 19.3. The Kier molecular flexibility index (Phi) is 8.17. The van der Waals surface area contributed by atoms with Crippen LogP contribution in [0.15, 0.2) is 138 Å². The smallest absolute Gasteiger partial charge is 0.361 e. The van der Waals surface area contributed by atoms with E-state index in [2.05, 4.69) is 66.8 Å². The molecule has 198 valence electrons. The molecule has 0 saturated heterocycles. The first-order valence-corrected chi connectivity index (χ1v) is 13.5. The molecule has 0 fully saturated rings. The Bertz CT molecular complexity index is 1550. The fourth-order valence-corrected chi connectivity index (χ4v) is 4.36. The quantitative estimate of drug-likeness (QED) is 0.301. The molecule has 0 unspecified atom stereocenters.